The Morgan fingerprint density at radius 3 is 2.74 bits per heavy atom. The van der Waals surface area contributed by atoms with Crippen molar-refractivity contribution < 1.29 is 32.2 Å². The summed E-state index contributed by atoms with van der Waals surface area (Å²) in [6.07, 6.45) is 7.34. The highest BCUT2D eigenvalue weighted by Gasteiger charge is 2.55. The average Bonchev–Trinajstić information content (AvgIpc) is 3.72. The molecule has 1 aromatic carbocycles. The van der Waals surface area contributed by atoms with E-state index in [1.54, 1.807) is 65.2 Å². The lowest BCUT2D eigenvalue weighted by Gasteiger charge is -2.44. The van der Waals surface area contributed by atoms with Crippen LogP contribution in [0, 0.1) is 0 Å². The molecule has 2 saturated heterocycles. The van der Waals surface area contributed by atoms with E-state index in [1.165, 1.54) is 12.0 Å². The van der Waals surface area contributed by atoms with Crippen LogP contribution < -0.4 is 14.4 Å². The quantitative estimate of drug-likeness (QED) is 0.215. The van der Waals surface area contributed by atoms with Crippen LogP contribution in [0.15, 0.2) is 55.1 Å². The summed E-state index contributed by atoms with van der Waals surface area (Å²) in [6.45, 7) is 3.23. The van der Waals surface area contributed by atoms with Gasteiger partial charge in [-0.25, -0.2) is 32.1 Å². The van der Waals surface area contributed by atoms with Crippen molar-refractivity contribution >= 4 is 44.5 Å². The maximum atomic E-state index is 13.3. The third-order valence-corrected chi connectivity index (χ3v) is 8.69. The summed E-state index contributed by atoms with van der Waals surface area (Å²) in [6, 6.07) is 8.89. The topological polar surface area (TPSA) is 175 Å². The van der Waals surface area contributed by atoms with Crippen LogP contribution in [0.5, 0.6) is 5.75 Å². The van der Waals surface area contributed by atoms with E-state index >= 15 is 0 Å². The van der Waals surface area contributed by atoms with Gasteiger partial charge in [-0.05, 0) is 36.8 Å². The van der Waals surface area contributed by atoms with Crippen LogP contribution in [0.1, 0.15) is 12.5 Å². The molecule has 1 spiro atoms. The second-order valence-electron chi connectivity index (χ2n) is 11.5. The number of hydrogen-bond acceptors (Lipinski definition) is 12. The highest BCUT2D eigenvalue weighted by molar-refractivity contribution is 7.88. The molecule has 0 aliphatic carbocycles. The zero-order chi connectivity index (χ0) is 32.9. The molecule has 0 bridgehead atoms. The minimum Gasteiger partial charge on any atom is -0.494 e. The molecule has 1 amide bonds. The van der Waals surface area contributed by atoms with Crippen molar-refractivity contribution in [3.05, 3.63) is 60.7 Å². The van der Waals surface area contributed by atoms with Gasteiger partial charge in [-0.15, -0.1) is 5.10 Å². The van der Waals surface area contributed by atoms with Gasteiger partial charge in [-0.1, -0.05) is 6.07 Å². The largest absolute Gasteiger partial charge is 0.494 e. The van der Waals surface area contributed by atoms with Gasteiger partial charge in [0.2, 0.25) is 10.0 Å². The van der Waals surface area contributed by atoms with E-state index in [4.69, 9.17) is 24.3 Å². The first-order valence-electron chi connectivity index (χ1n) is 14.7. The molecule has 0 radical (unpaired) electrons. The van der Waals surface area contributed by atoms with Crippen molar-refractivity contribution in [2.45, 2.75) is 19.1 Å². The van der Waals surface area contributed by atoms with E-state index in [0.29, 0.717) is 70.3 Å². The van der Waals surface area contributed by atoms with Crippen LogP contribution in [0.25, 0.3) is 33.5 Å². The first-order valence-corrected chi connectivity index (χ1v) is 16.6. The number of hydrogen-bond donors (Lipinski definition) is 1. The van der Waals surface area contributed by atoms with Crippen LogP contribution in [-0.4, -0.2) is 106 Å². The number of rotatable bonds is 10. The Hall–Kier alpha value is -5.13. The summed E-state index contributed by atoms with van der Waals surface area (Å²) in [7, 11) is -1.90. The molecule has 244 valence electrons. The van der Waals surface area contributed by atoms with Crippen molar-refractivity contribution in [2.24, 2.45) is 0 Å². The van der Waals surface area contributed by atoms with E-state index in [0.717, 1.165) is 6.26 Å². The normalized spacial score (nSPS) is 16.1. The van der Waals surface area contributed by atoms with Gasteiger partial charge in [0.05, 0.1) is 61.4 Å². The van der Waals surface area contributed by atoms with Gasteiger partial charge in [-0.2, -0.15) is 5.10 Å². The molecule has 5 aromatic rings. The van der Waals surface area contributed by atoms with E-state index < -0.39 is 21.7 Å². The Morgan fingerprint density at radius 1 is 1.15 bits per heavy atom. The fourth-order valence-corrected chi connectivity index (χ4v) is 6.40. The maximum Gasteiger partial charge on any atom is 0.416 e. The van der Waals surface area contributed by atoms with Crippen LogP contribution in [0.4, 0.5) is 10.6 Å². The lowest BCUT2D eigenvalue weighted by molar-refractivity contribution is -0.150. The Bertz CT molecular complexity index is 2140. The van der Waals surface area contributed by atoms with Gasteiger partial charge in [0.25, 0.3) is 0 Å². The van der Waals surface area contributed by atoms with Crippen molar-refractivity contribution in [3.8, 4) is 22.7 Å². The van der Waals surface area contributed by atoms with Crippen LogP contribution in [-0.2, 0) is 30.8 Å². The summed E-state index contributed by atoms with van der Waals surface area (Å²) in [5, 5.41) is 9.88. The van der Waals surface area contributed by atoms with Crippen LogP contribution in [0.3, 0.4) is 0 Å². The molecule has 6 heterocycles. The number of pyridine rings is 1. The van der Waals surface area contributed by atoms with Crippen LogP contribution in [0.2, 0.25) is 0 Å². The minimum absolute atomic E-state index is 0.0747. The SMILES string of the molecule is CCOC(=O)CN1CC2(C1)CN(c1nn(-c3ccc(CNS(C)(=O)=O)cc3OC)c3cc(-c4cnn5cccnc45)ncc13)C(=O)O2. The highest BCUT2D eigenvalue weighted by Crippen LogP contribution is 2.39. The molecule has 16 nitrogen and oxygen atoms in total. The Kier molecular flexibility index (Phi) is 7.53. The maximum absolute atomic E-state index is 13.3. The number of aromatic nitrogens is 6. The Labute approximate surface area is 268 Å². The van der Waals surface area contributed by atoms with E-state index in [9.17, 15) is 18.0 Å². The number of ether oxygens (including phenoxy) is 3. The van der Waals surface area contributed by atoms with Gasteiger partial charge < -0.3 is 14.2 Å². The van der Waals surface area contributed by atoms with Crippen molar-refractivity contribution in [2.75, 3.05) is 51.1 Å². The van der Waals surface area contributed by atoms with Gasteiger partial charge in [0.15, 0.2) is 17.1 Å². The summed E-state index contributed by atoms with van der Waals surface area (Å²) in [5.41, 5.74) is 2.96. The number of methoxy groups -OCH3 is 1. The lowest BCUT2D eigenvalue weighted by atomic mass is 9.94. The molecule has 17 heteroatoms. The number of esters is 1. The Morgan fingerprint density at radius 2 is 1.98 bits per heavy atom. The number of nitrogens with zero attached hydrogens (tertiary/aromatic N) is 8. The molecular weight excluding hydrogens is 630 g/mol. The van der Waals surface area contributed by atoms with E-state index in [1.807, 2.05) is 11.0 Å². The molecule has 7 rings (SSSR count). The summed E-state index contributed by atoms with van der Waals surface area (Å²) >= 11 is 0. The monoisotopic (exact) mass is 661 g/mol. The summed E-state index contributed by atoms with van der Waals surface area (Å²) in [5.74, 6) is 0.440. The number of anilines is 1. The molecule has 47 heavy (non-hydrogen) atoms. The molecule has 0 unspecified atom stereocenters. The fourth-order valence-electron chi connectivity index (χ4n) is 5.98. The zero-order valence-corrected chi connectivity index (χ0v) is 26.6. The number of nitrogens with one attached hydrogen (secondary N) is 1. The molecule has 4 aromatic heterocycles. The van der Waals surface area contributed by atoms with Gasteiger partial charge in [0, 0.05) is 38.2 Å². The highest BCUT2D eigenvalue weighted by atomic mass is 32.2. The van der Waals surface area contributed by atoms with Gasteiger partial charge in [0.1, 0.15) is 11.4 Å². The van der Waals surface area contributed by atoms with Gasteiger partial charge >= 0.3 is 12.1 Å². The number of carbonyl (C=O) groups excluding carboxylic acids is 2. The smallest absolute Gasteiger partial charge is 0.416 e. The first-order chi connectivity index (χ1) is 22.6. The number of amides is 1. The van der Waals surface area contributed by atoms with Crippen LogP contribution >= 0.6 is 0 Å². The molecule has 2 aliphatic heterocycles. The predicted octanol–water partition coefficient (Wildman–Crippen LogP) is 1.76. The molecule has 2 aliphatic rings. The van der Waals surface area contributed by atoms with E-state index in [-0.39, 0.29) is 25.6 Å². The van der Waals surface area contributed by atoms with Gasteiger partial charge in [-0.3, -0.25) is 19.6 Å². The summed E-state index contributed by atoms with van der Waals surface area (Å²) in [4.78, 5) is 37.9. The number of carbonyl (C=O) groups is 2. The molecule has 2 fully saturated rings. The van der Waals surface area contributed by atoms with Crippen molar-refractivity contribution in [1.82, 2.24) is 39.0 Å². The fraction of sp³-hybridized carbons (Fsp3) is 0.333. The first kappa shape index (κ1) is 30.5. The number of benzene rings is 1. The van der Waals surface area contributed by atoms with Crippen molar-refractivity contribution in [1.29, 1.82) is 0 Å². The molecule has 0 saturated carbocycles. The van der Waals surface area contributed by atoms with E-state index in [2.05, 4.69) is 14.8 Å². The zero-order valence-electron chi connectivity index (χ0n) is 25.8. The predicted molar refractivity (Wildman–Crippen MR) is 169 cm³/mol. The number of fused-ring (bicyclic) bond motifs is 2. The number of sulfonamides is 1. The molecular formula is C30H31N9O7S. The molecule has 0 atom stereocenters. The molecule has 1 N–H and O–H groups in total. The second-order valence-corrected chi connectivity index (χ2v) is 13.3. The lowest BCUT2D eigenvalue weighted by Crippen LogP contribution is -2.64. The third-order valence-electron chi connectivity index (χ3n) is 8.02. The standard InChI is InChI=1S/C30H31N9O7S/c1-4-45-26(40)15-36-16-30(17-36)18-37(29(41)46-30)28-21-13-32-22(20-14-33-38-9-5-8-31-27(20)38)11-24(21)39(35-28)23-7-6-19(10-25(23)44-2)12-34-47(3,42)43/h5-11,13-14,34H,4,12,15-18H2,1-3H3. The number of likely N-dealkylation sites (tertiary alicyclic amines) is 1. The summed E-state index contributed by atoms with van der Waals surface area (Å²) < 4.78 is 45.8. The Balaban J connectivity index is 1.29. The van der Waals surface area contributed by atoms with Crippen molar-refractivity contribution in [3.63, 3.8) is 0 Å². The minimum atomic E-state index is -3.41. The second kappa shape index (κ2) is 11.6. The average molecular weight is 662 g/mol. The third kappa shape index (κ3) is 5.72.